The third-order valence-electron chi connectivity index (χ3n) is 7.11. The molecule has 4 rings (SSSR count). The van der Waals surface area contributed by atoms with Crippen molar-refractivity contribution in [3.05, 3.63) is 95.3 Å². The van der Waals surface area contributed by atoms with Crippen LogP contribution in [0, 0.1) is 17.1 Å². The van der Waals surface area contributed by atoms with Crippen LogP contribution in [0.25, 0.3) is 32.7 Å². The van der Waals surface area contributed by atoms with Gasteiger partial charge in [0.2, 0.25) is 0 Å². The zero-order valence-electron chi connectivity index (χ0n) is 25.4. The van der Waals surface area contributed by atoms with Gasteiger partial charge in [-0.25, -0.2) is 23.6 Å². The fraction of sp³-hybridized carbons (Fsp3) is 0.171. The fourth-order valence-corrected chi connectivity index (χ4v) is 4.72. The summed E-state index contributed by atoms with van der Waals surface area (Å²) in [5, 5.41) is 34.8. The molecule has 12 heteroatoms. The van der Waals surface area contributed by atoms with Gasteiger partial charge < -0.3 is 30.3 Å². The number of hydrogen-bond donors (Lipinski definition) is 4. The molecule has 0 heterocycles. The molecule has 4 aromatic carbocycles. The first-order valence-electron chi connectivity index (χ1n) is 14.4. The first-order chi connectivity index (χ1) is 22.5. The zero-order valence-corrected chi connectivity index (χ0v) is 25.4. The van der Waals surface area contributed by atoms with Crippen LogP contribution in [-0.4, -0.2) is 47.4 Å². The van der Waals surface area contributed by atoms with Crippen molar-refractivity contribution in [2.24, 2.45) is 0 Å². The third kappa shape index (κ3) is 8.49. The highest BCUT2D eigenvalue weighted by Crippen LogP contribution is 2.46. The normalized spacial score (nSPS) is 11.5. The highest BCUT2D eigenvalue weighted by atomic mass is 19.1. The summed E-state index contributed by atoms with van der Waals surface area (Å²) in [6, 6.07) is 17.3. The lowest BCUT2D eigenvalue weighted by Crippen LogP contribution is -2.28. The quantitative estimate of drug-likeness (QED) is 0.103. The van der Waals surface area contributed by atoms with Crippen LogP contribution in [0.4, 0.5) is 14.0 Å². The molecule has 11 nitrogen and oxygen atoms in total. The maximum absolute atomic E-state index is 14.3. The van der Waals surface area contributed by atoms with Gasteiger partial charge in [0.05, 0.1) is 11.6 Å². The van der Waals surface area contributed by atoms with Crippen molar-refractivity contribution in [2.45, 2.75) is 26.7 Å². The Balaban J connectivity index is 1.78. The van der Waals surface area contributed by atoms with Gasteiger partial charge in [0, 0.05) is 35.4 Å². The molecule has 0 bridgehead atoms. The van der Waals surface area contributed by atoms with Crippen molar-refractivity contribution < 1.29 is 43.3 Å². The molecule has 0 atom stereocenters. The van der Waals surface area contributed by atoms with E-state index in [1.54, 1.807) is 30.3 Å². The lowest BCUT2D eigenvalue weighted by molar-refractivity contribution is -0.133. The highest BCUT2D eigenvalue weighted by Gasteiger charge is 2.22. The second kappa shape index (κ2) is 15.2. The molecule has 0 aromatic heterocycles. The molecule has 0 radical (unpaired) electrons. The van der Waals surface area contributed by atoms with E-state index >= 15 is 0 Å². The van der Waals surface area contributed by atoms with Crippen molar-refractivity contribution in [2.75, 3.05) is 13.1 Å². The van der Waals surface area contributed by atoms with Gasteiger partial charge in [0.15, 0.2) is 0 Å². The van der Waals surface area contributed by atoms with Crippen LogP contribution in [0.15, 0.2) is 84.0 Å². The number of amides is 2. The van der Waals surface area contributed by atoms with Gasteiger partial charge in [0.25, 0.3) is 0 Å². The van der Waals surface area contributed by atoms with E-state index in [0.29, 0.717) is 38.2 Å². The maximum atomic E-state index is 14.3. The predicted octanol–water partition coefficient (Wildman–Crippen LogP) is 6.69. The minimum absolute atomic E-state index is 0.0512. The zero-order chi connectivity index (χ0) is 34.1. The van der Waals surface area contributed by atoms with Crippen LogP contribution in [0.3, 0.4) is 0 Å². The van der Waals surface area contributed by atoms with E-state index in [0.717, 1.165) is 0 Å². The Bertz CT molecular complexity index is 1990. The summed E-state index contributed by atoms with van der Waals surface area (Å²) in [6.07, 6.45) is 1.72. The van der Waals surface area contributed by atoms with Gasteiger partial charge in [-0.3, -0.25) is 0 Å². The molecule has 0 fully saturated rings. The Morgan fingerprint density at radius 1 is 0.745 bits per heavy atom. The van der Waals surface area contributed by atoms with E-state index in [2.05, 4.69) is 16.7 Å². The van der Waals surface area contributed by atoms with Crippen LogP contribution < -0.4 is 20.1 Å². The van der Waals surface area contributed by atoms with Crippen LogP contribution >= 0.6 is 0 Å². The predicted molar refractivity (Wildman–Crippen MR) is 172 cm³/mol. The molecule has 2 amide bonds. The third-order valence-corrected chi connectivity index (χ3v) is 7.11. The number of nitriles is 1. The number of nitrogens with one attached hydrogen (secondary N) is 2. The molecule has 0 aliphatic rings. The molecule has 0 aliphatic carbocycles. The molecule has 0 saturated heterocycles. The van der Waals surface area contributed by atoms with E-state index in [1.165, 1.54) is 56.3 Å². The summed E-state index contributed by atoms with van der Waals surface area (Å²) in [4.78, 5) is 47.9. The number of carbonyl (C=O) groups excluding carboxylic acids is 2. The summed E-state index contributed by atoms with van der Waals surface area (Å²) >= 11 is 0. The Hall–Kier alpha value is -6.22. The molecule has 0 spiro atoms. The lowest BCUT2D eigenvalue weighted by Gasteiger charge is -2.19. The second-order valence-corrected chi connectivity index (χ2v) is 10.4. The van der Waals surface area contributed by atoms with Crippen molar-refractivity contribution in [3.63, 3.8) is 0 Å². The molecular weight excluding hydrogens is 609 g/mol. The number of rotatable bonds is 11. The topological polar surface area (TPSA) is 175 Å². The van der Waals surface area contributed by atoms with Crippen molar-refractivity contribution in [1.82, 2.24) is 10.6 Å². The standard InChI is InChI=1S/C35H30FN3O8/c1-20(32(40)41)5-3-15-38-34(44)46-28-13-8-23-17-22(19-37)7-11-26(23)30(28)31-27-12-10-25(36)18-24(27)9-14-29(31)47-35(45)39-16-4-6-21(2)33(42)43/h5-14,17-18H,3-4,15-16H2,1-2H3,(H,38,44)(H,39,45)(H,40,41)(H,42,43)/b20-5+,21-6+. The van der Waals surface area contributed by atoms with Crippen LogP contribution in [0.5, 0.6) is 11.5 Å². The summed E-state index contributed by atoms with van der Waals surface area (Å²) in [5.74, 6) is -2.53. The second-order valence-electron chi connectivity index (χ2n) is 10.4. The van der Waals surface area contributed by atoms with Gasteiger partial charge in [-0.15, -0.1) is 0 Å². The van der Waals surface area contributed by atoms with Gasteiger partial charge in [-0.05, 0) is 84.6 Å². The Kier molecular flexibility index (Phi) is 10.9. The number of nitrogens with zero attached hydrogens (tertiary/aromatic N) is 1. The fourth-order valence-electron chi connectivity index (χ4n) is 4.72. The van der Waals surface area contributed by atoms with E-state index < -0.39 is 29.9 Å². The summed E-state index contributed by atoms with van der Waals surface area (Å²) in [5.41, 5.74) is 1.26. The average molecular weight is 640 g/mol. The number of benzene rings is 4. The summed E-state index contributed by atoms with van der Waals surface area (Å²) < 4.78 is 25.8. The van der Waals surface area contributed by atoms with Crippen LogP contribution in [0.1, 0.15) is 32.3 Å². The summed E-state index contributed by atoms with van der Waals surface area (Å²) in [6.45, 7) is 3.04. The molecule has 0 saturated carbocycles. The minimum atomic E-state index is -1.07. The maximum Gasteiger partial charge on any atom is 0.412 e. The SMILES string of the molecule is C/C(=C\CCNC(=O)Oc1ccc2cc(F)ccc2c1-c1c(OC(=O)NCC/C=C(\C)C(=O)O)ccc2cc(C#N)ccc12)C(=O)O. The molecule has 0 aliphatic heterocycles. The minimum Gasteiger partial charge on any atom is -0.478 e. The highest BCUT2D eigenvalue weighted by molar-refractivity contribution is 6.10. The van der Waals surface area contributed by atoms with E-state index in [9.17, 15) is 28.8 Å². The molecule has 4 aromatic rings. The van der Waals surface area contributed by atoms with Crippen molar-refractivity contribution in [3.8, 4) is 28.7 Å². The van der Waals surface area contributed by atoms with E-state index in [-0.39, 0.29) is 48.6 Å². The number of carboxylic acids is 2. The average Bonchev–Trinajstić information content (AvgIpc) is 3.04. The smallest absolute Gasteiger partial charge is 0.412 e. The summed E-state index contributed by atoms with van der Waals surface area (Å²) in [7, 11) is 0. The number of halogens is 1. The number of hydrogen-bond acceptors (Lipinski definition) is 7. The van der Waals surface area contributed by atoms with Gasteiger partial charge in [-0.2, -0.15) is 5.26 Å². The van der Waals surface area contributed by atoms with Gasteiger partial charge in [0.1, 0.15) is 17.3 Å². The first kappa shape index (κ1) is 33.7. The van der Waals surface area contributed by atoms with Crippen molar-refractivity contribution >= 4 is 45.7 Å². The largest absolute Gasteiger partial charge is 0.478 e. The Labute approximate surface area is 268 Å². The van der Waals surface area contributed by atoms with Crippen molar-refractivity contribution in [1.29, 1.82) is 5.26 Å². The number of carboxylic acid groups (broad SMARTS) is 2. The molecule has 4 N–H and O–H groups in total. The molecule has 47 heavy (non-hydrogen) atoms. The number of aliphatic carboxylic acids is 2. The van der Waals surface area contributed by atoms with Gasteiger partial charge in [-0.1, -0.05) is 36.4 Å². The first-order valence-corrected chi connectivity index (χ1v) is 14.4. The Morgan fingerprint density at radius 3 is 1.68 bits per heavy atom. The Morgan fingerprint density at radius 2 is 1.21 bits per heavy atom. The molecular formula is C35H30FN3O8. The number of carbonyl (C=O) groups is 4. The lowest BCUT2D eigenvalue weighted by atomic mass is 9.91. The van der Waals surface area contributed by atoms with E-state index in [4.69, 9.17) is 19.7 Å². The van der Waals surface area contributed by atoms with Crippen LogP contribution in [0.2, 0.25) is 0 Å². The molecule has 240 valence electrons. The van der Waals surface area contributed by atoms with Crippen LogP contribution in [-0.2, 0) is 9.59 Å². The molecule has 0 unspecified atom stereocenters. The van der Waals surface area contributed by atoms with E-state index in [1.807, 2.05) is 0 Å². The monoisotopic (exact) mass is 639 g/mol. The number of ether oxygens (including phenoxy) is 2. The number of fused-ring (bicyclic) bond motifs is 2. The van der Waals surface area contributed by atoms with Gasteiger partial charge >= 0.3 is 24.1 Å².